The molecule has 6 bridgehead atoms. The third-order valence-corrected chi connectivity index (χ3v) is 4.65. The lowest BCUT2D eigenvalue weighted by atomic mass is 10.0. The standard InChI is InChI=1S/C19H17ClN4O.C2HF3O2/c20-17-10-21-19-23-15-3-1-2-12(7-15)4-5-13-6-14(11-25)9-16(8-13)22-18(17)24-19;3-2(4,5)1(6)7/h1-3,6-10,25H,4-5,11H2,(H2,21,22,23,24);(H,6,7). The summed E-state index contributed by atoms with van der Waals surface area (Å²) >= 11 is 6.24. The Morgan fingerprint density at radius 1 is 1.06 bits per heavy atom. The molecule has 1 aliphatic rings. The van der Waals surface area contributed by atoms with Crippen LogP contribution in [0.3, 0.4) is 0 Å². The van der Waals surface area contributed by atoms with Gasteiger partial charge in [0.05, 0.1) is 12.8 Å². The van der Waals surface area contributed by atoms with Crippen molar-refractivity contribution in [3.8, 4) is 0 Å². The first-order chi connectivity index (χ1) is 15.1. The molecule has 2 aromatic carbocycles. The molecule has 0 unspecified atom stereocenters. The largest absolute Gasteiger partial charge is 0.490 e. The van der Waals surface area contributed by atoms with E-state index in [9.17, 15) is 18.3 Å². The second-order valence-corrected chi connectivity index (χ2v) is 7.25. The molecule has 0 amide bonds. The van der Waals surface area contributed by atoms with Gasteiger partial charge in [0.2, 0.25) is 5.95 Å². The molecule has 0 saturated carbocycles. The van der Waals surface area contributed by atoms with Gasteiger partial charge in [0.1, 0.15) is 5.02 Å². The Morgan fingerprint density at radius 2 is 1.75 bits per heavy atom. The topological polar surface area (TPSA) is 107 Å². The summed E-state index contributed by atoms with van der Waals surface area (Å²) < 4.78 is 31.7. The van der Waals surface area contributed by atoms with Crippen LogP contribution in [0, 0.1) is 0 Å². The number of fused-ring (bicyclic) bond motifs is 6. The molecule has 3 aromatic rings. The number of aliphatic hydroxyl groups is 1. The fourth-order valence-electron chi connectivity index (χ4n) is 2.94. The van der Waals surface area contributed by atoms with Crippen LogP contribution in [0.2, 0.25) is 5.02 Å². The molecular weight excluding hydrogens is 449 g/mol. The van der Waals surface area contributed by atoms with Crippen LogP contribution in [-0.2, 0) is 24.2 Å². The first kappa shape index (κ1) is 23.3. The molecule has 0 saturated heterocycles. The van der Waals surface area contributed by atoms with Gasteiger partial charge in [-0.2, -0.15) is 18.2 Å². The first-order valence-electron chi connectivity index (χ1n) is 9.33. The molecule has 0 fully saturated rings. The van der Waals surface area contributed by atoms with E-state index in [1.54, 1.807) is 6.20 Å². The number of nitrogens with one attached hydrogen (secondary N) is 2. The maximum atomic E-state index is 10.6. The first-order valence-corrected chi connectivity index (χ1v) is 9.71. The van der Waals surface area contributed by atoms with Gasteiger partial charge in [0.15, 0.2) is 5.82 Å². The Balaban J connectivity index is 0.000000360. The van der Waals surface area contributed by atoms with E-state index < -0.39 is 12.1 Å². The number of carboxylic acid groups (broad SMARTS) is 1. The summed E-state index contributed by atoms with van der Waals surface area (Å²) in [6, 6.07) is 14.2. The number of aliphatic carboxylic acids is 1. The zero-order valence-electron chi connectivity index (χ0n) is 16.4. The molecule has 0 atom stereocenters. The van der Waals surface area contributed by atoms with Gasteiger partial charge in [-0.15, -0.1) is 0 Å². The molecule has 1 aromatic heterocycles. The second-order valence-electron chi connectivity index (χ2n) is 6.84. The van der Waals surface area contributed by atoms with Crippen molar-refractivity contribution in [2.45, 2.75) is 25.6 Å². The highest BCUT2D eigenvalue weighted by molar-refractivity contribution is 6.32. The van der Waals surface area contributed by atoms with Crippen molar-refractivity contribution in [1.82, 2.24) is 9.97 Å². The van der Waals surface area contributed by atoms with Gasteiger partial charge in [0.25, 0.3) is 0 Å². The van der Waals surface area contributed by atoms with Crippen LogP contribution in [-0.4, -0.2) is 32.3 Å². The minimum absolute atomic E-state index is 0.0116. The zero-order chi connectivity index (χ0) is 23.3. The third kappa shape index (κ3) is 6.32. The Kier molecular flexibility index (Phi) is 7.16. The fraction of sp³-hybridized carbons (Fsp3) is 0.190. The molecule has 168 valence electrons. The van der Waals surface area contributed by atoms with Crippen molar-refractivity contribution >= 4 is 40.7 Å². The van der Waals surface area contributed by atoms with Crippen molar-refractivity contribution in [2.24, 2.45) is 0 Å². The minimum Gasteiger partial charge on any atom is -0.475 e. The predicted octanol–water partition coefficient (Wildman–Crippen LogP) is 4.84. The van der Waals surface area contributed by atoms with Gasteiger partial charge >= 0.3 is 12.1 Å². The number of hydrogen-bond donors (Lipinski definition) is 4. The van der Waals surface area contributed by atoms with Gasteiger partial charge in [-0.3, -0.25) is 0 Å². The van der Waals surface area contributed by atoms with E-state index >= 15 is 0 Å². The Hall–Kier alpha value is -3.37. The van der Waals surface area contributed by atoms with E-state index in [1.165, 1.54) is 5.56 Å². The molecular formula is C21H18ClF3N4O3. The van der Waals surface area contributed by atoms with Crippen LogP contribution in [0.15, 0.2) is 48.7 Å². The summed E-state index contributed by atoms with van der Waals surface area (Å²) in [7, 11) is 0. The van der Waals surface area contributed by atoms with Crippen LogP contribution in [0.5, 0.6) is 0 Å². The fourth-order valence-corrected chi connectivity index (χ4v) is 3.08. The van der Waals surface area contributed by atoms with Crippen LogP contribution in [0.1, 0.15) is 16.7 Å². The molecule has 11 heteroatoms. The van der Waals surface area contributed by atoms with E-state index in [2.05, 4.69) is 38.8 Å². The normalized spacial score (nSPS) is 12.5. The molecule has 1 aliphatic heterocycles. The Labute approximate surface area is 185 Å². The number of halogens is 4. The van der Waals surface area contributed by atoms with Gasteiger partial charge in [-0.25, -0.2) is 9.78 Å². The molecule has 32 heavy (non-hydrogen) atoms. The number of carbonyl (C=O) groups is 1. The average Bonchev–Trinajstić information content (AvgIpc) is 2.74. The smallest absolute Gasteiger partial charge is 0.475 e. The lowest BCUT2D eigenvalue weighted by molar-refractivity contribution is -0.192. The van der Waals surface area contributed by atoms with Crippen molar-refractivity contribution < 1.29 is 28.2 Å². The summed E-state index contributed by atoms with van der Waals surface area (Å²) in [4.78, 5) is 17.6. The van der Waals surface area contributed by atoms with Gasteiger partial charge in [-0.05, 0) is 53.8 Å². The number of benzene rings is 2. The molecule has 0 aliphatic carbocycles. The zero-order valence-corrected chi connectivity index (χ0v) is 17.2. The lowest BCUT2D eigenvalue weighted by Gasteiger charge is -2.12. The Morgan fingerprint density at radius 3 is 2.44 bits per heavy atom. The maximum absolute atomic E-state index is 10.6. The highest BCUT2D eigenvalue weighted by atomic mass is 35.5. The summed E-state index contributed by atoms with van der Waals surface area (Å²) in [6.07, 6.45) is -1.73. The third-order valence-electron chi connectivity index (χ3n) is 4.37. The maximum Gasteiger partial charge on any atom is 0.490 e. The summed E-state index contributed by atoms with van der Waals surface area (Å²) in [5, 5.41) is 23.6. The molecule has 0 radical (unpaired) electrons. The number of alkyl halides is 3. The van der Waals surface area contributed by atoms with E-state index in [0.717, 1.165) is 35.3 Å². The van der Waals surface area contributed by atoms with Gasteiger partial charge in [0, 0.05) is 11.4 Å². The van der Waals surface area contributed by atoms with Crippen LogP contribution < -0.4 is 10.6 Å². The van der Waals surface area contributed by atoms with Crippen molar-refractivity contribution in [2.75, 3.05) is 10.6 Å². The number of hydrogen-bond acceptors (Lipinski definition) is 6. The quantitative estimate of drug-likeness (QED) is 0.406. The number of aryl methyl sites for hydroxylation is 2. The van der Waals surface area contributed by atoms with Crippen molar-refractivity contribution in [3.63, 3.8) is 0 Å². The molecule has 0 spiro atoms. The van der Waals surface area contributed by atoms with Crippen molar-refractivity contribution in [1.29, 1.82) is 0 Å². The Bertz CT molecular complexity index is 1130. The predicted molar refractivity (Wildman–Crippen MR) is 114 cm³/mol. The number of carboxylic acids is 1. The highest BCUT2D eigenvalue weighted by Gasteiger charge is 2.38. The minimum atomic E-state index is -5.08. The van der Waals surface area contributed by atoms with E-state index in [4.69, 9.17) is 21.5 Å². The lowest BCUT2D eigenvalue weighted by Crippen LogP contribution is -2.21. The number of anilines is 4. The number of aliphatic hydroxyl groups excluding tert-OH is 1. The molecule has 7 nitrogen and oxygen atoms in total. The van der Waals surface area contributed by atoms with E-state index in [0.29, 0.717) is 16.8 Å². The second kappa shape index (κ2) is 9.84. The van der Waals surface area contributed by atoms with Crippen LogP contribution in [0.25, 0.3) is 0 Å². The monoisotopic (exact) mass is 466 g/mol. The molecule has 2 heterocycles. The molecule has 4 N–H and O–H groups in total. The van der Waals surface area contributed by atoms with Gasteiger partial charge in [-0.1, -0.05) is 29.8 Å². The number of aromatic nitrogens is 2. The SMILES string of the molecule is O=C(O)C(F)(F)F.OCc1cc2cc(c1)Nc1nc(ncc1Cl)Nc1cccc(c1)CC2. The van der Waals surface area contributed by atoms with Gasteiger partial charge < -0.3 is 20.8 Å². The van der Waals surface area contributed by atoms with Crippen LogP contribution >= 0.6 is 11.6 Å². The summed E-state index contributed by atoms with van der Waals surface area (Å²) in [5.74, 6) is -1.76. The van der Waals surface area contributed by atoms with Crippen molar-refractivity contribution in [3.05, 3.63) is 70.4 Å². The summed E-state index contributed by atoms with van der Waals surface area (Å²) in [5.41, 5.74) is 5.01. The number of nitrogens with zero attached hydrogens (tertiary/aromatic N) is 2. The number of rotatable bonds is 1. The van der Waals surface area contributed by atoms with E-state index in [-0.39, 0.29) is 6.61 Å². The molecule has 4 rings (SSSR count). The average molecular weight is 467 g/mol. The highest BCUT2D eigenvalue weighted by Crippen LogP contribution is 2.27. The van der Waals surface area contributed by atoms with E-state index in [1.807, 2.05) is 24.3 Å². The van der Waals surface area contributed by atoms with Crippen LogP contribution in [0.4, 0.5) is 36.3 Å². The summed E-state index contributed by atoms with van der Waals surface area (Å²) in [6.45, 7) is -0.0116.